The summed E-state index contributed by atoms with van der Waals surface area (Å²) in [5, 5.41) is 3.02. The SMILES string of the molecule is CCCCC/C=C\C/C=C\C/C=C\CCCCCCCCC(=O)NC(COP(=O)([O-])OCC[N+](C)(C)C)C(/C=C\CCCCCCCCCCCC)OC(=O)CCCCCCCCCCCCCCC. The average Bonchev–Trinajstić information content (AvgIpc) is 3.32. The zero-order chi connectivity index (χ0) is 51.5. The van der Waals surface area contributed by atoms with E-state index in [0.717, 1.165) is 89.9 Å². The van der Waals surface area contributed by atoms with Crippen LogP contribution in [0.2, 0.25) is 0 Å². The highest BCUT2D eigenvalue weighted by molar-refractivity contribution is 7.45. The predicted octanol–water partition coefficient (Wildman–Crippen LogP) is 17.1. The van der Waals surface area contributed by atoms with Crippen molar-refractivity contribution in [1.82, 2.24) is 5.32 Å². The summed E-state index contributed by atoms with van der Waals surface area (Å²) in [6, 6.07) is -0.892. The maximum absolute atomic E-state index is 13.5. The summed E-state index contributed by atoms with van der Waals surface area (Å²) in [6.07, 6.45) is 60.6. The number of unbranched alkanes of at least 4 members (excludes halogenated alkanes) is 31. The molecular weight excluding hydrogens is 892 g/mol. The van der Waals surface area contributed by atoms with Crippen molar-refractivity contribution in [2.75, 3.05) is 40.9 Å². The molecule has 10 heteroatoms. The standard InChI is InChI=1S/C60H113N2O7P/c1-7-10-13-16-19-22-25-28-29-30-31-32-33-35-37-40-43-46-49-52-59(63)61-57(56-68-70(65,66)67-55-54-62(4,5)6)58(51-48-45-42-39-36-27-24-21-18-15-12-9-3)69-60(64)53-50-47-44-41-38-34-26-23-20-17-14-11-8-2/h19,22,28-29,31-32,48,51,57-58H,7-18,20-21,23-27,30,33-47,49-50,52-56H2,1-6H3,(H-,61,63,65,66)/b22-19-,29-28-,32-31-,51-48-. The van der Waals surface area contributed by atoms with E-state index in [1.54, 1.807) is 0 Å². The minimum Gasteiger partial charge on any atom is -0.756 e. The van der Waals surface area contributed by atoms with Crippen LogP contribution in [-0.4, -0.2) is 69.4 Å². The lowest BCUT2D eigenvalue weighted by Gasteiger charge is -2.30. The lowest BCUT2D eigenvalue weighted by atomic mass is 10.0. The van der Waals surface area contributed by atoms with Crippen LogP contribution in [0.5, 0.6) is 0 Å². The third-order valence-corrected chi connectivity index (χ3v) is 14.0. The first-order valence-electron chi connectivity index (χ1n) is 29.4. The largest absolute Gasteiger partial charge is 0.756 e. The molecule has 3 atom stereocenters. The van der Waals surface area contributed by atoms with Gasteiger partial charge in [0, 0.05) is 12.8 Å². The number of amides is 1. The van der Waals surface area contributed by atoms with Gasteiger partial charge in [0.15, 0.2) is 0 Å². The number of rotatable bonds is 53. The van der Waals surface area contributed by atoms with E-state index in [9.17, 15) is 19.0 Å². The Morgan fingerprint density at radius 1 is 0.500 bits per heavy atom. The van der Waals surface area contributed by atoms with Gasteiger partial charge in [0.25, 0.3) is 7.82 Å². The molecule has 410 valence electrons. The Labute approximate surface area is 433 Å². The summed E-state index contributed by atoms with van der Waals surface area (Å²) in [7, 11) is 1.18. The van der Waals surface area contributed by atoms with Crippen LogP contribution in [0, 0.1) is 0 Å². The van der Waals surface area contributed by atoms with Gasteiger partial charge in [0.05, 0.1) is 33.8 Å². The molecule has 0 aromatic rings. The van der Waals surface area contributed by atoms with E-state index in [-0.39, 0.29) is 24.9 Å². The number of likely N-dealkylation sites (N-methyl/N-ethyl adjacent to an activating group) is 1. The average molecular weight is 1010 g/mol. The highest BCUT2D eigenvalue weighted by Gasteiger charge is 2.27. The summed E-state index contributed by atoms with van der Waals surface area (Å²) in [5.41, 5.74) is 0. The highest BCUT2D eigenvalue weighted by atomic mass is 31.2. The molecule has 0 rings (SSSR count). The Morgan fingerprint density at radius 3 is 1.33 bits per heavy atom. The molecule has 0 saturated carbocycles. The quantitative estimate of drug-likeness (QED) is 0.0212. The first kappa shape index (κ1) is 68.0. The van der Waals surface area contributed by atoms with Gasteiger partial charge < -0.3 is 28.5 Å². The van der Waals surface area contributed by atoms with Crippen molar-refractivity contribution in [3.8, 4) is 0 Å². The van der Waals surface area contributed by atoms with Gasteiger partial charge in [-0.3, -0.25) is 14.2 Å². The number of carbonyl (C=O) groups excluding carboxylic acids is 2. The highest BCUT2D eigenvalue weighted by Crippen LogP contribution is 2.38. The number of phosphoric acid groups is 1. The molecule has 1 amide bonds. The molecule has 0 saturated heterocycles. The topological polar surface area (TPSA) is 114 Å². The third-order valence-electron chi connectivity index (χ3n) is 13.0. The summed E-state index contributed by atoms with van der Waals surface area (Å²) >= 11 is 0. The number of nitrogens with zero attached hydrogens (tertiary/aromatic N) is 1. The number of hydrogen-bond donors (Lipinski definition) is 1. The van der Waals surface area contributed by atoms with Crippen LogP contribution in [0.1, 0.15) is 271 Å². The Bertz CT molecular complexity index is 1340. The first-order chi connectivity index (χ1) is 33.9. The lowest BCUT2D eigenvalue weighted by Crippen LogP contribution is -2.47. The lowest BCUT2D eigenvalue weighted by molar-refractivity contribution is -0.870. The molecule has 0 heterocycles. The molecule has 0 aromatic heterocycles. The minimum atomic E-state index is -4.70. The van der Waals surface area contributed by atoms with Crippen LogP contribution in [0.15, 0.2) is 48.6 Å². The molecule has 70 heavy (non-hydrogen) atoms. The number of hydrogen-bond acceptors (Lipinski definition) is 7. The maximum Gasteiger partial charge on any atom is 0.306 e. The first-order valence-corrected chi connectivity index (χ1v) is 30.9. The molecule has 0 aliphatic heterocycles. The van der Waals surface area contributed by atoms with E-state index >= 15 is 0 Å². The van der Waals surface area contributed by atoms with E-state index < -0.39 is 26.6 Å². The second kappa shape index (κ2) is 50.5. The summed E-state index contributed by atoms with van der Waals surface area (Å²) in [6.45, 7) is 6.81. The van der Waals surface area contributed by atoms with Gasteiger partial charge >= 0.3 is 5.97 Å². The van der Waals surface area contributed by atoms with Crippen LogP contribution >= 0.6 is 7.82 Å². The van der Waals surface area contributed by atoms with Crippen molar-refractivity contribution in [3.05, 3.63) is 48.6 Å². The molecule has 3 unspecified atom stereocenters. The van der Waals surface area contributed by atoms with E-state index in [1.807, 2.05) is 33.3 Å². The molecule has 0 radical (unpaired) electrons. The normalized spacial score (nSPS) is 14.1. The van der Waals surface area contributed by atoms with E-state index in [1.165, 1.54) is 148 Å². The van der Waals surface area contributed by atoms with Gasteiger partial charge in [-0.25, -0.2) is 0 Å². The summed E-state index contributed by atoms with van der Waals surface area (Å²) in [4.78, 5) is 39.9. The molecule has 9 nitrogen and oxygen atoms in total. The van der Waals surface area contributed by atoms with Crippen LogP contribution in [0.3, 0.4) is 0 Å². The van der Waals surface area contributed by atoms with E-state index in [4.69, 9.17) is 13.8 Å². The molecule has 0 spiro atoms. The van der Waals surface area contributed by atoms with Crippen molar-refractivity contribution in [2.24, 2.45) is 0 Å². The van der Waals surface area contributed by atoms with Crippen LogP contribution in [0.4, 0.5) is 0 Å². The van der Waals surface area contributed by atoms with Crippen molar-refractivity contribution in [1.29, 1.82) is 0 Å². The number of phosphoric ester groups is 1. The summed E-state index contributed by atoms with van der Waals surface area (Å²) in [5.74, 6) is -0.549. The number of nitrogens with one attached hydrogen (secondary N) is 1. The van der Waals surface area contributed by atoms with Gasteiger partial charge in [-0.05, 0) is 70.3 Å². The number of esters is 1. The molecule has 0 aliphatic rings. The van der Waals surface area contributed by atoms with Crippen LogP contribution in [-0.2, 0) is 27.9 Å². The Balaban J connectivity index is 5.31. The predicted molar refractivity (Wildman–Crippen MR) is 298 cm³/mol. The number of ether oxygens (including phenoxy) is 1. The molecule has 1 N–H and O–H groups in total. The second-order valence-electron chi connectivity index (χ2n) is 21.2. The Morgan fingerprint density at radius 2 is 0.871 bits per heavy atom. The zero-order valence-electron chi connectivity index (χ0n) is 46.7. The van der Waals surface area contributed by atoms with Crippen molar-refractivity contribution < 1.29 is 37.3 Å². The van der Waals surface area contributed by atoms with Crippen molar-refractivity contribution in [2.45, 2.75) is 283 Å². The number of quaternary nitrogens is 1. The molecular formula is C60H113N2O7P. The molecule has 0 fully saturated rings. The number of allylic oxidation sites excluding steroid dienone is 7. The fourth-order valence-corrected chi connectivity index (χ4v) is 9.13. The molecule has 0 aliphatic carbocycles. The third kappa shape index (κ3) is 50.9. The summed E-state index contributed by atoms with van der Waals surface area (Å²) < 4.78 is 30.2. The molecule has 0 bridgehead atoms. The van der Waals surface area contributed by atoms with Gasteiger partial charge in [-0.1, -0.05) is 237 Å². The van der Waals surface area contributed by atoms with Crippen molar-refractivity contribution in [3.63, 3.8) is 0 Å². The fraction of sp³-hybridized carbons (Fsp3) is 0.833. The second-order valence-corrected chi connectivity index (χ2v) is 22.6. The van der Waals surface area contributed by atoms with Gasteiger partial charge in [0.2, 0.25) is 5.91 Å². The van der Waals surface area contributed by atoms with Gasteiger partial charge in [-0.15, -0.1) is 0 Å². The maximum atomic E-state index is 13.5. The molecule has 0 aromatic carbocycles. The number of carbonyl (C=O) groups is 2. The van der Waals surface area contributed by atoms with Crippen molar-refractivity contribution >= 4 is 19.7 Å². The fourth-order valence-electron chi connectivity index (χ4n) is 8.41. The smallest absolute Gasteiger partial charge is 0.306 e. The van der Waals surface area contributed by atoms with Crippen LogP contribution < -0.4 is 10.2 Å². The minimum absolute atomic E-state index is 0.0243. The monoisotopic (exact) mass is 1000 g/mol. The van der Waals surface area contributed by atoms with Gasteiger partial charge in [-0.2, -0.15) is 0 Å². The zero-order valence-corrected chi connectivity index (χ0v) is 47.6. The van der Waals surface area contributed by atoms with E-state index in [2.05, 4.69) is 62.5 Å². The Hall–Kier alpha value is -2.03. The van der Waals surface area contributed by atoms with Gasteiger partial charge in [0.1, 0.15) is 19.3 Å². The van der Waals surface area contributed by atoms with E-state index in [0.29, 0.717) is 17.4 Å². The Kier molecular flexibility index (Phi) is 49.0. The van der Waals surface area contributed by atoms with Crippen LogP contribution in [0.25, 0.3) is 0 Å².